The molecule has 1 aromatic heterocycles. The van der Waals surface area contributed by atoms with E-state index in [1.807, 2.05) is 0 Å². The molecule has 1 heterocycles. The summed E-state index contributed by atoms with van der Waals surface area (Å²) in [5.74, 6) is -0.857. The average molecular weight is 756 g/mol. The molecule has 0 saturated carbocycles. The Morgan fingerprint density at radius 1 is 0.686 bits per heavy atom. The molecule has 0 bridgehead atoms. The molecular formula is C30H25N7O11S3. The van der Waals surface area contributed by atoms with Crippen LogP contribution in [0.5, 0.6) is 0 Å². The fourth-order valence-corrected chi connectivity index (χ4v) is 7.27. The molecule has 21 heteroatoms. The first-order valence-corrected chi connectivity index (χ1v) is 18.6. The molecular weight excluding hydrogens is 731 g/mol. The normalized spacial score (nSPS) is 14.4. The fraction of sp³-hybridized carbons (Fsp3) is 0.0667. The lowest BCUT2D eigenvalue weighted by atomic mass is 9.81. The molecule has 0 fully saturated rings. The highest BCUT2D eigenvalue weighted by atomic mass is 32.2. The van der Waals surface area contributed by atoms with Crippen LogP contribution < -0.4 is 21.7 Å². The molecule has 264 valence electrons. The second-order valence-electron chi connectivity index (χ2n) is 11.0. The summed E-state index contributed by atoms with van der Waals surface area (Å²) in [5.41, 5.74) is 4.74. The van der Waals surface area contributed by atoms with E-state index in [1.165, 1.54) is 43.3 Å². The van der Waals surface area contributed by atoms with Crippen molar-refractivity contribution in [2.45, 2.75) is 27.7 Å². The third-order valence-electron chi connectivity index (χ3n) is 7.57. The van der Waals surface area contributed by atoms with Gasteiger partial charge in [0.1, 0.15) is 21.7 Å². The molecule has 1 atom stereocenters. The zero-order valence-electron chi connectivity index (χ0n) is 25.8. The molecule has 6 rings (SSSR count). The summed E-state index contributed by atoms with van der Waals surface area (Å²) < 4.78 is 102. The van der Waals surface area contributed by atoms with E-state index in [2.05, 4.69) is 30.9 Å². The Morgan fingerprint density at radius 3 is 2.00 bits per heavy atom. The Hall–Kier alpha value is -5.55. The number of nitrogen functional groups attached to an aromatic ring is 1. The molecule has 0 saturated heterocycles. The van der Waals surface area contributed by atoms with Gasteiger partial charge in [0.05, 0.1) is 27.5 Å². The quantitative estimate of drug-likeness (QED) is 0.0790. The lowest BCUT2D eigenvalue weighted by Crippen LogP contribution is -2.23. The zero-order valence-corrected chi connectivity index (χ0v) is 28.2. The van der Waals surface area contributed by atoms with E-state index in [9.17, 15) is 48.8 Å². The molecule has 1 unspecified atom stereocenters. The Kier molecular flexibility index (Phi) is 8.75. The van der Waals surface area contributed by atoms with Gasteiger partial charge in [-0.2, -0.15) is 40.2 Å². The number of rotatable bonds is 9. The van der Waals surface area contributed by atoms with Gasteiger partial charge in [0, 0.05) is 22.5 Å². The van der Waals surface area contributed by atoms with Gasteiger partial charge in [-0.3, -0.25) is 18.5 Å². The van der Waals surface area contributed by atoms with Crippen LogP contribution in [0.1, 0.15) is 39.0 Å². The van der Waals surface area contributed by atoms with Crippen LogP contribution in [0.3, 0.4) is 0 Å². The Balaban J connectivity index is 1.39. The van der Waals surface area contributed by atoms with Crippen molar-refractivity contribution >= 4 is 76.5 Å². The molecule has 5 aromatic rings. The van der Waals surface area contributed by atoms with E-state index in [1.54, 1.807) is 12.1 Å². The van der Waals surface area contributed by atoms with Gasteiger partial charge < -0.3 is 26.8 Å². The molecule has 51 heavy (non-hydrogen) atoms. The first kappa shape index (κ1) is 35.3. The largest absolute Gasteiger partial charge is 0.397 e. The van der Waals surface area contributed by atoms with Gasteiger partial charge in [-0.15, -0.1) is 0 Å². The van der Waals surface area contributed by atoms with Gasteiger partial charge in [0.15, 0.2) is 5.78 Å². The lowest BCUT2D eigenvalue weighted by Gasteiger charge is -2.28. The summed E-state index contributed by atoms with van der Waals surface area (Å²) in [6.45, 7) is 1.48. The van der Waals surface area contributed by atoms with Crippen molar-refractivity contribution in [3.8, 4) is 0 Å². The van der Waals surface area contributed by atoms with Crippen LogP contribution in [0.15, 0.2) is 87.5 Å². The topological polar surface area (TPSA) is 301 Å². The van der Waals surface area contributed by atoms with Gasteiger partial charge in [-0.25, -0.2) is 0 Å². The second-order valence-corrected chi connectivity index (χ2v) is 15.2. The number of nitrogens with one attached hydrogen (secondary N) is 3. The van der Waals surface area contributed by atoms with E-state index < -0.39 is 62.6 Å². The predicted molar refractivity (Wildman–Crippen MR) is 182 cm³/mol. The monoisotopic (exact) mass is 755 g/mol. The molecule has 0 amide bonds. The van der Waals surface area contributed by atoms with E-state index in [4.69, 9.17) is 5.73 Å². The number of nitrogens with two attached hydrogens (primary N) is 1. The SMILES string of the molecule is Cc1nc(Nc2cccc(S(=O)(=O)O)c2)nc(Nc2ccc(Nc3cc(S(=O)(=O)O)c(N)c4c3C(=O)c3ccccc3C4O)cc2S(=O)(=O)O)n1. The highest BCUT2D eigenvalue weighted by Gasteiger charge is 2.36. The molecule has 0 aliphatic heterocycles. The standard InChI is InChI=1S/C30H25N7O11S3/c1-14-32-29(35-15-5-4-6-17(11-15)49(40,41)42)37-30(33-14)36-20-10-9-16(12-22(20)50(43,44)45)34-21-13-23(51(46,47)48)26(31)25-24(21)27(38)18-7-2-3-8-19(18)28(25)39/h2-13,28,34,39H,31H2,1H3,(H,40,41,42)(H,43,44,45)(H,46,47,48)(H2,32,33,35,36,37). The van der Waals surface area contributed by atoms with Gasteiger partial charge in [0.2, 0.25) is 11.9 Å². The summed E-state index contributed by atoms with van der Waals surface area (Å²) in [4.78, 5) is 24.1. The van der Waals surface area contributed by atoms with Crippen LogP contribution in [0.4, 0.5) is 40.3 Å². The van der Waals surface area contributed by atoms with Gasteiger partial charge in [-0.1, -0.05) is 30.3 Å². The van der Waals surface area contributed by atoms with Crippen molar-refractivity contribution in [3.05, 3.63) is 101 Å². The molecule has 1 aliphatic rings. The van der Waals surface area contributed by atoms with Crippen LogP contribution in [-0.4, -0.2) is 64.8 Å². The van der Waals surface area contributed by atoms with Crippen molar-refractivity contribution in [2.75, 3.05) is 21.7 Å². The fourth-order valence-electron chi connectivity index (χ4n) is 5.42. The molecule has 0 radical (unpaired) electrons. The number of aliphatic hydroxyl groups is 1. The summed E-state index contributed by atoms with van der Waals surface area (Å²) in [5, 5.41) is 19.3. The Bertz CT molecular complexity index is 2620. The maximum absolute atomic E-state index is 13.7. The molecule has 0 spiro atoms. The third-order valence-corrected chi connectivity index (χ3v) is 10.2. The first-order valence-electron chi connectivity index (χ1n) is 14.3. The Labute approximate surface area is 289 Å². The number of fused-ring (bicyclic) bond motifs is 2. The maximum Gasteiger partial charge on any atom is 0.296 e. The molecule has 1 aliphatic carbocycles. The number of anilines is 7. The van der Waals surface area contributed by atoms with E-state index in [0.717, 1.165) is 24.3 Å². The average Bonchev–Trinajstić information content (AvgIpc) is 3.03. The highest BCUT2D eigenvalue weighted by molar-refractivity contribution is 7.86. The van der Waals surface area contributed by atoms with Crippen LogP contribution in [0.25, 0.3) is 0 Å². The predicted octanol–water partition coefficient (Wildman–Crippen LogP) is 3.36. The number of aliphatic hydroxyl groups excluding tert-OH is 1. The van der Waals surface area contributed by atoms with Crippen LogP contribution in [0, 0.1) is 6.92 Å². The Morgan fingerprint density at radius 2 is 1.33 bits per heavy atom. The second kappa shape index (κ2) is 12.6. The molecule has 18 nitrogen and oxygen atoms in total. The minimum atomic E-state index is -5.00. The van der Waals surface area contributed by atoms with Crippen molar-refractivity contribution < 1.29 is 48.8 Å². The minimum Gasteiger partial charge on any atom is -0.397 e. The number of aromatic nitrogens is 3. The number of aryl methyl sites for hydroxylation is 1. The van der Waals surface area contributed by atoms with Crippen LogP contribution in [0.2, 0.25) is 0 Å². The summed E-state index contributed by atoms with van der Waals surface area (Å²) >= 11 is 0. The van der Waals surface area contributed by atoms with Crippen molar-refractivity contribution in [1.82, 2.24) is 15.0 Å². The van der Waals surface area contributed by atoms with Crippen molar-refractivity contribution in [1.29, 1.82) is 0 Å². The van der Waals surface area contributed by atoms with E-state index >= 15 is 0 Å². The number of carbonyl (C=O) groups is 1. The van der Waals surface area contributed by atoms with Gasteiger partial charge >= 0.3 is 0 Å². The number of benzene rings is 4. The van der Waals surface area contributed by atoms with Crippen molar-refractivity contribution in [3.63, 3.8) is 0 Å². The third kappa shape index (κ3) is 7.07. The van der Waals surface area contributed by atoms with Crippen LogP contribution in [-0.2, 0) is 30.4 Å². The van der Waals surface area contributed by atoms with Crippen LogP contribution >= 0.6 is 0 Å². The number of nitrogens with zero attached hydrogens (tertiary/aromatic N) is 3. The van der Waals surface area contributed by atoms with Gasteiger partial charge in [0.25, 0.3) is 30.4 Å². The number of ketones is 1. The number of hydrogen-bond acceptors (Lipinski definition) is 15. The van der Waals surface area contributed by atoms with Gasteiger partial charge in [-0.05, 0) is 55.0 Å². The highest BCUT2D eigenvalue weighted by Crippen LogP contribution is 2.45. The number of hydrogen-bond donors (Lipinski definition) is 8. The molecule has 4 aromatic carbocycles. The van der Waals surface area contributed by atoms with E-state index in [-0.39, 0.29) is 62.7 Å². The summed E-state index contributed by atoms with van der Waals surface area (Å²) in [6.07, 6.45) is -1.58. The molecule has 9 N–H and O–H groups in total. The minimum absolute atomic E-state index is 0.0883. The first-order chi connectivity index (χ1) is 23.8. The smallest absolute Gasteiger partial charge is 0.296 e. The van der Waals surface area contributed by atoms with E-state index in [0.29, 0.717) is 0 Å². The lowest BCUT2D eigenvalue weighted by molar-refractivity contribution is 0.102. The summed E-state index contributed by atoms with van der Waals surface area (Å²) in [6, 6.07) is 15.4. The summed E-state index contributed by atoms with van der Waals surface area (Å²) in [7, 11) is -14.5. The zero-order chi connectivity index (χ0) is 37.0. The van der Waals surface area contributed by atoms with Crippen molar-refractivity contribution in [2.24, 2.45) is 0 Å². The maximum atomic E-state index is 13.7. The number of carbonyl (C=O) groups excluding carboxylic acids is 1.